The lowest BCUT2D eigenvalue weighted by Gasteiger charge is -2.14. The smallest absolute Gasteiger partial charge is 0.0453 e. The van der Waals surface area contributed by atoms with Crippen LogP contribution in [0.1, 0.15) is 25.8 Å². The van der Waals surface area contributed by atoms with Crippen molar-refractivity contribution in [2.75, 3.05) is 0 Å². The average molecular weight is 246 g/mol. The van der Waals surface area contributed by atoms with Crippen molar-refractivity contribution in [3.05, 3.63) is 33.8 Å². The van der Waals surface area contributed by atoms with Crippen LogP contribution in [0.3, 0.4) is 0 Å². The minimum Gasteiger partial charge on any atom is -0.327 e. The molecule has 0 aliphatic rings. The zero-order valence-corrected chi connectivity index (χ0v) is 10.6. The van der Waals surface area contributed by atoms with Gasteiger partial charge in [0, 0.05) is 16.1 Å². The molecule has 3 heteroatoms. The van der Waals surface area contributed by atoms with Crippen LogP contribution in [-0.2, 0) is 6.42 Å². The summed E-state index contributed by atoms with van der Waals surface area (Å²) < 4.78 is 0. The maximum Gasteiger partial charge on any atom is 0.0453 e. The fourth-order valence-electron chi connectivity index (χ4n) is 1.66. The van der Waals surface area contributed by atoms with E-state index in [1.807, 2.05) is 12.1 Å². The van der Waals surface area contributed by atoms with Gasteiger partial charge in [-0.3, -0.25) is 0 Å². The van der Waals surface area contributed by atoms with Crippen LogP contribution in [0, 0.1) is 5.92 Å². The summed E-state index contributed by atoms with van der Waals surface area (Å²) in [5, 5.41) is 1.38. The third kappa shape index (κ3) is 4.42. The highest BCUT2D eigenvalue weighted by Gasteiger charge is 2.09. The molecule has 0 aliphatic heterocycles. The Morgan fingerprint density at radius 3 is 2.47 bits per heavy atom. The minimum atomic E-state index is 0.170. The van der Waals surface area contributed by atoms with Crippen LogP contribution in [0.5, 0.6) is 0 Å². The Hall–Kier alpha value is -0.240. The van der Waals surface area contributed by atoms with Gasteiger partial charge in [-0.05, 0) is 36.5 Å². The van der Waals surface area contributed by atoms with Crippen molar-refractivity contribution in [2.24, 2.45) is 11.7 Å². The summed E-state index contributed by atoms with van der Waals surface area (Å²) in [6.45, 7) is 4.34. The molecule has 1 rings (SSSR count). The monoisotopic (exact) mass is 245 g/mol. The van der Waals surface area contributed by atoms with E-state index in [4.69, 9.17) is 28.9 Å². The van der Waals surface area contributed by atoms with Gasteiger partial charge < -0.3 is 5.73 Å². The molecule has 0 amide bonds. The molecule has 0 radical (unpaired) electrons. The summed E-state index contributed by atoms with van der Waals surface area (Å²) in [4.78, 5) is 0. The highest BCUT2D eigenvalue weighted by Crippen LogP contribution is 2.22. The second kappa shape index (κ2) is 5.74. The van der Waals surface area contributed by atoms with E-state index < -0.39 is 0 Å². The molecule has 0 aliphatic carbocycles. The molecule has 0 saturated carbocycles. The lowest BCUT2D eigenvalue weighted by atomic mass is 9.98. The number of rotatable bonds is 4. The van der Waals surface area contributed by atoms with E-state index in [1.165, 1.54) is 0 Å². The Morgan fingerprint density at radius 2 is 1.93 bits per heavy atom. The fraction of sp³-hybridized carbons (Fsp3) is 0.500. The summed E-state index contributed by atoms with van der Waals surface area (Å²) in [6.07, 6.45) is 1.83. The maximum atomic E-state index is 6.07. The summed E-state index contributed by atoms with van der Waals surface area (Å²) >= 11 is 11.9. The van der Waals surface area contributed by atoms with E-state index in [-0.39, 0.29) is 6.04 Å². The first kappa shape index (κ1) is 12.8. The summed E-state index contributed by atoms with van der Waals surface area (Å²) in [6, 6.07) is 5.74. The molecule has 0 spiro atoms. The molecule has 84 valence electrons. The first-order valence-electron chi connectivity index (χ1n) is 5.18. The summed E-state index contributed by atoms with van der Waals surface area (Å²) in [7, 11) is 0. The van der Waals surface area contributed by atoms with Gasteiger partial charge in [0.25, 0.3) is 0 Å². The zero-order valence-electron chi connectivity index (χ0n) is 9.13. The fourth-order valence-corrected chi connectivity index (χ4v) is 2.14. The van der Waals surface area contributed by atoms with Crippen molar-refractivity contribution >= 4 is 23.2 Å². The van der Waals surface area contributed by atoms with Crippen LogP contribution in [0.15, 0.2) is 18.2 Å². The molecule has 0 saturated heterocycles. The van der Waals surface area contributed by atoms with Crippen LogP contribution in [0.25, 0.3) is 0 Å². The van der Waals surface area contributed by atoms with Crippen LogP contribution in [-0.4, -0.2) is 6.04 Å². The van der Waals surface area contributed by atoms with E-state index in [1.54, 1.807) is 6.07 Å². The molecule has 1 aromatic rings. The third-order valence-electron chi connectivity index (χ3n) is 2.27. The minimum absolute atomic E-state index is 0.170. The Bertz CT molecular complexity index is 323. The summed E-state index contributed by atoms with van der Waals surface area (Å²) in [5.74, 6) is 0.617. The number of hydrogen-bond acceptors (Lipinski definition) is 1. The van der Waals surface area contributed by atoms with Gasteiger partial charge in [0.1, 0.15) is 0 Å². The number of hydrogen-bond donors (Lipinski definition) is 1. The highest BCUT2D eigenvalue weighted by molar-refractivity contribution is 6.35. The Kier molecular flexibility index (Phi) is 4.91. The topological polar surface area (TPSA) is 26.0 Å². The number of benzene rings is 1. The molecule has 1 aromatic carbocycles. The van der Waals surface area contributed by atoms with E-state index >= 15 is 0 Å². The molecule has 1 atom stereocenters. The Morgan fingerprint density at radius 1 is 1.27 bits per heavy atom. The van der Waals surface area contributed by atoms with Gasteiger partial charge in [0.15, 0.2) is 0 Å². The quantitative estimate of drug-likeness (QED) is 0.856. The lowest BCUT2D eigenvalue weighted by Crippen LogP contribution is -2.24. The van der Waals surface area contributed by atoms with Gasteiger partial charge in [-0.25, -0.2) is 0 Å². The van der Waals surface area contributed by atoms with Gasteiger partial charge in [0.05, 0.1) is 0 Å². The second-order valence-corrected chi connectivity index (χ2v) is 5.17. The predicted molar refractivity (Wildman–Crippen MR) is 67.6 cm³/mol. The largest absolute Gasteiger partial charge is 0.327 e. The van der Waals surface area contributed by atoms with Crippen LogP contribution in [0.2, 0.25) is 10.0 Å². The van der Waals surface area contributed by atoms with E-state index in [9.17, 15) is 0 Å². The second-order valence-electron chi connectivity index (χ2n) is 4.33. The van der Waals surface area contributed by atoms with Gasteiger partial charge in [-0.1, -0.05) is 43.1 Å². The van der Waals surface area contributed by atoms with Crippen molar-refractivity contribution in [1.29, 1.82) is 0 Å². The van der Waals surface area contributed by atoms with Crippen molar-refractivity contribution in [3.8, 4) is 0 Å². The summed E-state index contributed by atoms with van der Waals surface area (Å²) in [5.41, 5.74) is 7.10. The van der Waals surface area contributed by atoms with Gasteiger partial charge in [-0.15, -0.1) is 0 Å². The SMILES string of the molecule is CC(C)CC(N)Cc1ccc(Cl)cc1Cl. The van der Waals surface area contributed by atoms with Gasteiger partial charge in [0.2, 0.25) is 0 Å². The molecular weight excluding hydrogens is 229 g/mol. The van der Waals surface area contributed by atoms with Gasteiger partial charge >= 0.3 is 0 Å². The van der Waals surface area contributed by atoms with Crippen LogP contribution >= 0.6 is 23.2 Å². The van der Waals surface area contributed by atoms with Crippen LogP contribution in [0.4, 0.5) is 0 Å². The average Bonchev–Trinajstić information content (AvgIpc) is 2.08. The number of halogens is 2. The highest BCUT2D eigenvalue weighted by atomic mass is 35.5. The third-order valence-corrected chi connectivity index (χ3v) is 2.86. The van der Waals surface area contributed by atoms with Gasteiger partial charge in [-0.2, -0.15) is 0 Å². The normalized spacial score (nSPS) is 13.2. The molecule has 1 nitrogen and oxygen atoms in total. The molecule has 0 fully saturated rings. The van der Waals surface area contributed by atoms with E-state index in [2.05, 4.69) is 13.8 Å². The molecule has 0 bridgehead atoms. The standard InChI is InChI=1S/C12H17Cl2N/c1-8(2)5-11(15)6-9-3-4-10(13)7-12(9)14/h3-4,7-8,11H,5-6,15H2,1-2H3. The van der Waals surface area contributed by atoms with Crippen molar-refractivity contribution in [3.63, 3.8) is 0 Å². The molecule has 0 heterocycles. The number of nitrogens with two attached hydrogens (primary N) is 1. The molecular formula is C12H17Cl2N. The molecule has 0 aromatic heterocycles. The first-order valence-corrected chi connectivity index (χ1v) is 5.94. The van der Waals surface area contributed by atoms with Crippen molar-refractivity contribution in [1.82, 2.24) is 0 Å². The predicted octanol–water partition coefficient (Wildman–Crippen LogP) is 3.91. The van der Waals surface area contributed by atoms with Crippen molar-refractivity contribution < 1.29 is 0 Å². The van der Waals surface area contributed by atoms with Crippen LogP contribution < -0.4 is 5.73 Å². The molecule has 2 N–H and O–H groups in total. The lowest BCUT2D eigenvalue weighted by molar-refractivity contribution is 0.493. The first-order chi connectivity index (χ1) is 6.99. The maximum absolute atomic E-state index is 6.07. The zero-order chi connectivity index (χ0) is 11.4. The molecule has 1 unspecified atom stereocenters. The Labute approximate surface area is 102 Å². The Balaban J connectivity index is 2.64. The van der Waals surface area contributed by atoms with E-state index in [0.29, 0.717) is 16.0 Å². The van der Waals surface area contributed by atoms with E-state index in [0.717, 1.165) is 18.4 Å². The van der Waals surface area contributed by atoms with Crippen molar-refractivity contribution in [2.45, 2.75) is 32.7 Å². The molecule has 15 heavy (non-hydrogen) atoms.